The number of thiocarbonyl (C=S) groups is 1. The van der Waals surface area contributed by atoms with E-state index in [1.807, 2.05) is 68.4 Å². The van der Waals surface area contributed by atoms with E-state index in [0.29, 0.717) is 25.8 Å². The Hall–Kier alpha value is -2.34. The van der Waals surface area contributed by atoms with Crippen molar-refractivity contribution in [3.8, 4) is 11.3 Å². The van der Waals surface area contributed by atoms with Crippen molar-refractivity contribution >= 4 is 57.6 Å². The van der Waals surface area contributed by atoms with Gasteiger partial charge >= 0.3 is 0 Å². The summed E-state index contributed by atoms with van der Waals surface area (Å²) in [6, 6.07) is 17.1. The molecular weight excluding hydrogens is 410 g/mol. The zero-order valence-electron chi connectivity index (χ0n) is 15.2. The van der Waals surface area contributed by atoms with Crippen molar-refractivity contribution in [1.29, 1.82) is 0 Å². The number of anilines is 1. The summed E-state index contributed by atoms with van der Waals surface area (Å²) in [6.07, 6.45) is 1.73. The van der Waals surface area contributed by atoms with Gasteiger partial charge in [-0.25, -0.2) is 0 Å². The zero-order valence-corrected chi connectivity index (χ0v) is 17.6. The highest BCUT2D eigenvalue weighted by Crippen LogP contribution is 2.38. The van der Waals surface area contributed by atoms with Crippen LogP contribution in [0.1, 0.15) is 16.9 Å². The molecule has 4 rings (SSSR count). The summed E-state index contributed by atoms with van der Waals surface area (Å²) < 4.78 is 6.40. The van der Waals surface area contributed by atoms with Crippen molar-refractivity contribution in [3.63, 3.8) is 0 Å². The Kier molecular flexibility index (Phi) is 5.15. The van der Waals surface area contributed by atoms with Crippen LogP contribution in [0, 0.1) is 13.8 Å². The van der Waals surface area contributed by atoms with Gasteiger partial charge < -0.3 is 4.42 Å². The number of hydrogen-bond acceptors (Lipinski definition) is 4. The van der Waals surface area contributed by atoms with E-state index in [0.717, 1.165) is 22.4 Å². The number of thioether (sulfide) groups is 1. The lowest BCUT2D eigenvalue weighted by atomic mass is 10.1. The van der Waals surface area contributed by atoms with Gasteiger partial charge in [0.2, 0.25) is 0 Å². The van der Waals surface area contributed by atoms with E-state index in [2.05, 4.69) is 0 Å². The fraction of sp³-hybridized carbons (Fsp3) is 0.0909. The molecule has 0 radical (unpaired) electrons. The van der Waals surface area contributed by atoms with Gasteiger partial charge in [-0.1, -0.05) is 65.4 Å². The Morgan fingerprint density at radius 2 is 1.89 bits per heavy atom. The summed E-state index contributed by atoms with van der Waals surface area (Å²) in [5, 5.41) is 0.615. The van der Waals surface area contributed by atoms with E-state index in [1.165, 1.54) is 11.8 Å². The second kappa shape index (κ2) is 7.59. The minimum absolute atomic E-state index is 0.141. The van der Waals surface area contributed by atoms with Crippen LogP contribution >= 0.6 is 35.6 Å². The van der Waals surface area contributed by atoms with Crippen LogP contribution < -0.4 is 4.90 Å². The summed E-state index contributed by atoms with van der Waals surface area (Å²) in [7, 11) is 0. The first-order valence-electron chi connectivity index (χ1n) is 8.64. The van der Waals surface area contributed by atoms with Crippen molar-refractivity contribution < 1.29 is 9.21 Å². The molecule has 1 fully saturated rings. The quantitative estimate of drug-likeness (QED) is 0.348. The number of hydrogen-bond donors (Lipinski definition) is 0. The van der Waals surface area contributed by atoms with Gasteiger partial charge in [-0.3, -0.25) is 9.69 Å². The first kappa shape index (κ1) is 19.0. The lowest BCUT2D eigenvalue weighted by Crippen LogP contribution is -2.28. The first-order valence-corrected chi connectivity index (χ1v) is 10.2. The molecule has 0 spiro atoms. The fourth-order valence-corrected chi connectivity index (χ4v) is 4.59. The predicted octanol–water partition coefficient (Wildman–Crippen LogP) is 6.62. The standard InChI is InChI=1S/C22H16ClNO2S2/c1-13-7-9-18(14(2)11-13)24-21(25)20(28-22(24)27)12-15-8-10-19(26-15)16-5-3-4-6-17(16)23/h3-12H,1-2H3. The van der Waals surface area contributed by atoms with E-state index in [-0.39, 0.29) is 5.91 Å². The van der Waals surface area contributed by atoms with E-state index < -0.39 is 0 Å². The number of rotatable bonds is 3. The molecule has 0 saturated carbocycles. The van der Waals surface area contributed by atoms with Crippen LogP contribution in [0.25, 0.3) is 17.4 Å². The molecule has 0 aliphatic carbocycles. The highest BCUT2D eigenvalue weighted by Gasteiger charge is 2.34. The molecular formula is C22H16ClNO2S2. The molecule has 3 aromatic rings. The van der Waals surface area contributed by atoms with Gasteiger partial charge in [-0.05, 0) is 49.7 Å². The van der Waals surface area contributed by atoms with Gasteiger partial charge in [-0.2, -0.15) is 0 Å². The van der Waals surface area contributed by atoms with Crippen molar-refractivity contribution in [2.75, 3.05) is 4.90 Å². The van der Waals surface area contributed by atoms with E-state index in [9.17, 15) is 4.79 Å². The van der Waals surface area contributed by atoms with Gasteiger partial charge in [0.25, 0.3) is 5.91 Å². The minimum atomic E-state index is -0.141. The molecule has 2 heterocycles. The van der Waals surface area contributed by atoms with E-state index in [4.69, 9.17) is 28.2 Å². The van der Waals surface area contributed by atoms with Gasteiger partial charge in [0, 0.05) is 11.6 Å². The second-order valence-electron chi connectivity index (χ2n) is 6.49. The molecule has 0 atom stereocenters. The average molecular weight is 426 g/mol. The van der Waals surface area contributed by atoms with Crippen molar-refractivity contribution in [2.24, 2.45) is 0 Å². The number of aryl methyl sites for hydroxylation is 2. The Morgan fingerprint density at radius 3 is 2.64 bits per heavy atom. The average Bonchev–Trinajstić information content (AvgIpc) is 3.21. The number of carbonyl (C=O) groups excluding carboxylic acids is 1. The van der Waals surface area contributed by atoms with Crippen molar-refractivity contribution in [3.05, 3.63) is 81.4 Å². The number of benzene rings is 2. The molecule has 1 aromatic heterocycles. The summed E-state index contributed by atoms with van der Waals surface area (Å²) in [5.41, 5.74) is 3.78. The van der Waals surface area contributed by atoms with Crippen molar-refractivity contribution in [2.45, 2.75) is 13.8 Å². The molecule has 140 valence electrons. The molecule has 1 amide bonds. The highest BCUT2D eigenvalue weighted by molar-refractivity contribution is 8.27. The molecule has 0 N–H and O–H groups in total. The summed E-state index contributed by atoms with van der Waals surface area (Å²) in [5.74, 6) is 1.09. The second-order valence-corrected chi connectivity index (χ2v) is 8.57. The number of nitrogens with zero attached hydrogens (tertiary/aromatic N) is 1. The third kappa shape index (κ3) is 3.53. The minimum Gasteiger partial charge on any atom is -0.457 e. The lowest BCUT2D eigenvalue weighted by molar-refractivity contribution is -0.113. The van der Waals surface area contributed by atoms with Crippen LogP contribution in [0.15, 0.2) is 63.9 Å². The summed E-state index contributed by atoms with van der Waals surface area (Å²) >= 11 is 13.0. The summed E-state index contributed by atoms with van der Waals surface area (Å²) in [4.78, 5) is 15.1. The maximum Gasteiger partial charge on any atom is 0.270 e. The van der Waals surface area contributed by atoms with Crippen LogP contribution in [0.2, 0.25) is 5.02 Å². The SMILES string of the molecule is Cc1ccc(N2C(=O)C(=Cc3ccc(-c4ccccc4Cl)o3)SC2=S)c(C)c1. The number of furan rings is 1. The largest absolute Gasteiger partial charge is 0.457 e. The zero-order chi connectivity index (χ0) is 19.8. The Labute approximate surface area is 178 Å². The molecule has 2 aromatic carbocycles. The maximum atomic E-state index is 13.0. The molecule has 1 aliphatic heterocycles. The molecule has 6 heteroatoms. The highest BCUT2D eigenvalue weighted by atomic mass is 35.5. The molecule has 28 heavy (non-hydrogen) atoms. The van der Waals surface area contributed by atoms with Gasteiger partial charge in [0.05, 0.1) is 15.6 Å². The predicted molar refractivity (Wildman–Crippen MR) is 121 cm³/mol. The third-order valence-electron chi connectivity index (χ3n) is 4.43. The Morgan fingerprint density at radius 1 is 1.11 bits per heavy atom. The molecule has 0 unspecified atom stereocenters. The molecule has 3 nitrogen and oxygen atoms in total. The van der Waals surface area contributed by atoms with E-state index in [1.54, 1.807) is 11.0 Å². The van der Waals surface area contributed by atoms with Crippen LogP contribution in [0.5, 0.6) is 0 Å². The fourth-order valence-electron chi connectivity index (χ4n) is 3.10. The van der Waals surface area contributed by atoms with Gasteiger partial charge in [-0.15, -0.1) is 0 Å². The molecule has 1 saturated heterocycles. The lowest BCUT2D eigenvalue weighted by Gasteiger charge is -2.17. The van der Waals surface area contributed by atoms with Crippen molar-refractivity contribution in [1.82, 2.24) is 0 Å². The molecule has 1 aliphatic rings. The smallest absolute Gasteiger partial charge is 0.270 e. The Balaban J connectivity index is 1.64. The monoisotopic (exact) mass is 425 g/mol. The van der Waals surface area contributed by atoms with Crippen LogP contribution in [0.3, 0.4) is 0 Å². The van der Waals surface area contributed by atoms with Gasteiger partial charge in [0.1, 0.15) is 11.5 Å². The normalized spacial score (nSPS) is 15.7. The first-order chi connectivity index (χ1) is 13.4. The number of halogens is 1. The van der Waals surface area contributed by atoms with Crippen LogP contribution in [-0.4, -0.2) is 10.2 Å². The van der Waals surface area contributed by atoms with Crippen LogP contribution in [-0.2, 0) is 4.79 Å². The van der Waals surface area contributed by atoms with Gasteiger partial charge in [0.15, 0.2) is 4.32 Å². The summed E-state index contributed by atoms with van der Waals surface area (Å²) in [6.45, 7) is 4.00. The molecule has 0 bridgehead atoms. The number of amides is 1. The maximum absolute atomic E-state index is 13.0. The van der Waals surface area contributed by atoms with Crippen LogP contribution in [0.4, 0.5) is 5.69 Å². The van der Waals surface area contributed by atoms with E-state index >= 15 is 0 Å². The third-order valence-corrected chi connectivity index (χ3v) is 6.06. The number of carbonyl (C=O) groups is 1. The Bertz CT molecular complexity index is 1130. The topological polar surface area (TPSA) is 33.5 Å².